The minimum absolute atomic E-state index is 0.0240. The molecular formula is C12H13FN4O2S2. The van der Waals surface area contributed by atoms with Crippen molar-refractivity contribution in [1.29, 1.82) is 0 Å². The van der Waals surface area contributed by atoms with Crippen LogP contribution in [0.3, 0.4) is 0 Å². The van der Waals surface area contributed by atoms with E-state index < -0.39 is 15.8 Å². The summed E-state index contributed by atoms with van der Waals surface area (Å²) >= 11 is 4.71. The van der Waals surface area contributed by atoms with Crippen LogP contribution in [0.2, 0.25) is 0 Å². The summed E-state index contributed by atoms with van der Waals surface area (Å²) in [6.07, 6.45) is 1.80. The zero-order valence-corrected chi connectivity index (χ0v) is 12.7. The fraction of sp³-hybridized carbons (Fsp3) is 0.167. The van der Waals surface area contributed by atoms with Gasteiger partial charge in [-0.2, -0.15) is 8.42 Å². The van der Waals surface area contributed by atoms with Crippen molar-refractivity contribution in [3.05, 3.63) is 41.6 Å². The summed E-state index contributed by atoms with van der Waals surface area (Å²) in [6.45, 7) is 1.84. The predicted octanol–water partition coefficient (Wildman–Crippen LogP) is 1.55. The third kappa shape index (κ3) is 3.37. The van der Waals surface area contributed by atoms with Crippen LogP contribution in [0, 0.1) is 5.82 Å². The van der Waals surface area contributed by atoms with Crippen LogP contribution in [0.15, 0.2) is 29.4 Å². The second-order valence-electron chi connectivity index (χ2n) is 4.21. The van der Waals surface area contributed by atoms with Crippen molar-refractivity contribution in [1.82, 2.24) is 9.97 Å². The number of aromatic amines is 1. The molecular weight excluding hydrogens is 315 g/mol. The van der Waals surface area contributed by atoms with Gasteiger partial charge in [-0.05, 0) is 18.2 Å². The summed E-state index contributed by atoms with van der Waals surface area (Å²) in [5.74, 6) is -0.0569. The van der Waals surface area contributed by atoms with E-state index in [-0.39, 0.29) is 21.3 Å². The van der Waals surface area contributed by atoms with Crippen LogP contribution >= 0.6 is 12.2 Å². The first-order valence-corrected chi connectivity index (χ1v) is 7.88. The van der Waals surface area contributed by atoms with E-state index in [2.05, 4.69) is 14.7 Å². The lowest BCUT2D eigenvalue weighted by Crippen LogP contribution is -2.16. The van der Waals surface area contributed by atoms with E-state index in [1.807, 2.05) is 6.92 Å². The molecule has 0 aliphatic rings. The first-order chi connectivity index (χ1) is 9.83. The van der Waals surface area contributed by atoms with Gasteiger partial charge in [0.1, 0.15) is 16.6 Å². The van der Waals surface area contributed by atoms with Crippen LogP contribution in [-0.2, 0) is 16.4 Å². The van der Waals surface area contributed by atoms with Crippen molar-refractivity contribution in [2.24, 2.45) is 5.73 Å². The molecule has 6 nitrogen and oxygen atoms in total. The Morgan fingerprint density at radius 2 is 2.24 bits per heavy atom. The standard InChI is InChI=1S/C12H13FN4O2S2/c1-2-10-15-6-11(16-10)21(18,19)17-7-3-4-9(13)8(5-7)12(14)20/h3-6,17H,2H2,1H3,(H2,14,20)(H,15,16). The molecule has 0 amide bonds. The number of sulfonamides is 1. The fourth-order valence-electron chi connectivity index (χ4n) is 1.65. The maximum absolute atomic E-state index is 13.5. The smallest absolute Gasteiger partial charge is 0.278 e. The maximum atomic E-state index is 13.5. The number of nitrogens with zero attached hydrogens (tertiary/aromatic N) is 1. The average Bonchev–Trinajstić information content (AvgIpc) is 2.90. The van der Waals surface area contributed by atoms with Gasteiger partial charge >= 0.3 is 0 Å². The molecule has 0 aliphatic carbocycles. The molecule has 9 heteroatoms. The first kappa shape index (κ1) is 15.4. The third-order valence-corrected chi connectivity index (χ3v) is 4.22. The zero-order valence-electron chi connectivity index (χ0n) is 11.1. The quantitative estimate of drug-likeness (QED) is 0.723. The molecule has 0 aliphatic heterocycles. The Bertz CT molecular complexity index is 786. The summed E-state index contributed by atoms with van der Waals surface area (Å²) in [5, 5.41) is -0.0689. The minimum Gasteiger partial charge on any atom is -0.389 e. The van der Waals surface area contributed by atoms with E-state index in [1.165, 1.54) is 18.3 Å². The fourth-order valence-corrected chi connectivity index (χ4v) is 2.79. The van der Waals surface area contributed by atoms with Crippen LogP contribution in [0.1, 0.15) is 18.3 Å². The number of imidazole rings is 1. The normalized spacial score (nSPS) is 11.3. The topological polar surface area (TPSA) is 101 Å². The molecule has 0 fully saturated rings. The van der Waals surface area contributed by atoms with Gasteiger partial charge in [-0.25, -0.2) is 9.37 Å². The van der Waals surface area contributed by atoms with E-state index in [0.29, 0.717) is 12.2 Å². The van der Waals surface area contributed by atoms with E-state index in [4.69, 9.17) is 18.0 Å². The number of thiocarbonyl (C=S) groups is 1. The summed E-state index contributed by atoms with van der Waals surface area (Å²) in [4.78, 5) is 6.46. The molecule has 1 heterocycles. The van der Waals surface area contributed by atoms with E-state index >= 15 is 0 Å². The third-order valence-electron chi connectivity index (χ3n) is 2.71. The molecule has 0 saturated heterocycles. The highest BCUT2D eigenvalue weighted by Gasteiger charge is 2.18. The predicted molar refractivity (Wildman–Crippen MR) is 81.1 cm³/mol. The Hall–Kier alpha value is -2.00. The molecule has 2 aromatic rings. The Labute approximate surface area is 126 Å². The van der Waals surface area contributed by atoms with Crippen LogP contribution in [0.4, 0.5) is 10.1 Å². The molecule has 0 spiro atoms. The number of rotatable bonds is 5. The van der Waals surface area contributed by atoms with Crippen LogP contribution < -0.4 is 10.5 Å². The minimum atomic E-state index is -3.83. The first-order valence-electron chi connectivity index (χ1n) is 5.99. The van der Waals surface area contributed by atoms with Gasteiger partial charge in [0, 0.05) is 17.7 Å². The van der Waals surface area contributed by atoms with Crippen molar-refractivity contribution < 1.29 is 12.8 Å². The molecule has 0 radical (unpaired) electrons. The van der Waals surface area contributed by atoms with E-state index in [9.17, 15) is 12.8 Å². The summed E-state index contributed by atoms with van der Waals surface area (Å²) in [5.41, 5.74) is 5.51. The Morgan fingerprint density at radius 1 is 1.52 bits per heavy atom. The van der Waals surface area contributed by atoms with Gasteiger partial charge in [0.25, 0.3) is 10.0 Å². The van der Waals surface area contributed by atoms with Crippen molar-refractivity contribution >= 4 is 32.9 Å². The second-order valence-corrected chi connectivity index (χ2v) is 6.30. The highest BCUT2D eigenvalue weighted by Crippen LogP contribution is 2.18. The summed E-state index contributed by atoms with van der Waals surface area (Å²) in [7, 11) is -3.83. The van der Waals surface area contributed by atoms with Crippen molar-refractivity contribution in [2.75, 3.05) is 4.72 Å². The largest absolute Gasteiger partial charge is 0.389 e. The number of aromatic nitrogens is 2. The lowest BCUT2D eigenvalue weighted by molar-refractivity contribution is 0.597. The summed E-state index contributed by atoms with van der Waals surface area (Å²) < 4.78 is 40.1. The zero-order chi connectivity index (χ0) is 15.6. The van der Waals surface area contributed by atoms with Gasteiger partial charge in [0.15, 0.2) is 5.03 Å². The van der Waals surface area contributed by atoms with E-state index in [1.54, 1.807) is 0 Å². The molecule has 112 valence electrons. The van der Waals surface area contributed by atoms with Crippen LogP contribution in [-0.4, -0.2) is 23.4 Å². The van der Waals surface area contributed by atoms with E-state index in [0.717, 1.165) is 6.07 Å². The van der Waals surface area contributed by atoms with Crippen molar-refractivity contribution in [3.8, 4) is 0 Å². The molecule has 1 aromatic carbocycles. The molecule has 4 N–H and O–H groups in total. The molecule has 0 bridgehead atoms. The highest BCUT2D eigenvalue weighted by molar-refractivity contribution is 7.92. The summed E-state index contributed by atoms with van der Waals surface area (Å²) in [6, 6.07) is 3.62. The van der Waals surface area contributed by atoms with Gasteiger partial charge in [-0.1, -0.05) is 19.1 Å². The molecule has 1 aromatic heterocycles. The Balaban J connectivity index is 2.32. The van der Waals surface area contributed by atoms with Gasteiger partial charge in [-0.15, -0.1) is 0 Å². The number of H-pyrrole nitrogens is 1. The van der Waals surface area contributed by atoms with Gasteiger partial charge in [0.2, 0.25) is 0 Å². The van der Waals surface area contributed by atoms with Crippen molar-refractivity contribution in [2.45, 2.75) is 18.4 Å². The number of benzene rings is 1. The molecule has 0 atom stereocenters. The monoisotopic (exact) mass is 328 g/mol. The van der Waals surface area contributed by atoms with Crippen molar-refractivity contribution in [3.63, 3.8) is 0 Å². The number of nitrogens with one attached hydrogen (secondary N) is 2. The molecule has 2 rings (SSSR count). The number of hydrogen-bond donors (Lipinski definition) is 3. The van der Waals surface area contributed by atoms with Gasteiger partial charge in [0.05, 0.1) is 6.20 Å². The SMILES string of the molecule is CCc1ncc(S(=O)(=O)Nc2ccc(F)c(C(N)=S)c2)[nH]1. The lowest BCUT2D eigenvalue weighted by Gasteiger charge is -2.08. The number of nitrogens with two attached hydrogens (primary N) is 1. The number of halogens is 1. The number of anilines is 1. The Morgan fingerprint density at radius 3 is 2.81 bits per heavy atom. The van der Waals surface area contributed by atoms with Crippen LogP contribution in [0.25, 0.3) is 0 Å². The average molecular weight is 328 g/mol. The van der Waals surface area contributed by atoms with Gasteiger partial charge < -0.3 is 10.7 Å². The lowest BCUT2D eigenvalue weighted by atomic mass is 10.2. The van der Waals surface area contributed by atoms with Gasteiger partial charge in [-0.3, -0.25) is 4.72 Å². The molecule has 0 saturated carbocycles. The number of aryl methyl sites for hydroxylation is 1. The molecule has 21 heavy (non-hydrogen) atoms. The molecule has 0 unspecified atom stereocenters. The maximum Gasteiger partial charge on any atom is 0.278 e. The number of hydrogen-bond acceptors (Lipinski definition) is 4. The second kappa shape index (κ2) is 5.78. The highest BCUT2D eigenvalue weighted by atomic mass is 32.2. The Kier molecular flexibility index (Phi) is 4.24. The van der Waals surface area contributed by atoms with Crippen LogP contribution in [0.5, 0.6) is 0 Å².